The molecule has 2 aliphatic rings. The van der Waals surface area contributed by atoms with Crippen molar-refractivity contribution in [3.8, 4) is 0 Å². The Hall–Kier alpha value is -1.88. The molecule has 1 amide bonds. The summed E-state index contributed by atoms with van der Waals surface area (Å²) in [4.78, 5) is 25.6. The summed E-state index contributed by atoms with van der Waals surface area (Å²) in [5.74, 6) is -0.694. The molecule has 4 rings (SSSR count). The highest BCUT2D eigenvalue weighted by atomic mass is 32.1. The van der Waals surface area contributed by atoms with Crippen molar-refractivity contribution in [2.45, 2.75) is 45.1 Å². The first kappa shape index (κ1) is 15.6. The molecule has 4 nitrogen and oxygen atoms in total. The Bertz CT molecular complexity index is 784. The van der Waals surface area contributed by atoms with Gasteiger partial charge in [0.15, 0.2) is 0 Å². The lowest BCUT2D eigenvalue weighted by atomic mass is 9.81. The minimum Gasteiger partial charge on any atom is -0.481 e. The number of fused-ring (bicyclic) bond motifs is 3. The van der Waals surface area contributed by atoms with Crippen molar-refractivity contribution in [3.63, 3.8) is 0 Å². The molecule has 5 heteroatoms. The van der Waals surface area contributed by atoms with Crippen molar-refractivity contribution in [1.82, 2.24) is 5.32 Å². The van der Waals surface area contributed by atoms with E-state index in [1.54, 1.807) is 11.3 Å². The molecule has 1 heterocycles. The maximum atomic E-state index is 12.9. The summed E-state index contributed by atoms with van der Waals surface area (Å²) in [5.41, 5.74) is -1.12. The van der Waals surface area contributed by atoms with Crippen molar-refractivity contribution in [2.75, 3.05) is 0 Å². The molecule has 2 N–H and O–H groups in total. The smallest absolute Gasteiger partial charge is 0.309 e. The highest BCUT2D eigenvalue weighted by Gasteiger charge is 2.61. The zero-order valence-electron chi connectivity index (χ0n) is 13.7. The largest absolute Gasteiger partial charge is 0.481 e. The highest BCUT2D eigenvalue weighted by molar-refractivity contribution is 7.19. The number of hydrogen-bond acceptors (Lipinski definition) is 3. The van der Waals surface area contributed by atoms with Gasteiger partial charge in [-0.25, -0.2) is 0 Å². The second kappa shape index (κ2) is 5.31. The van der Waals surface area contributed by atoms with Gasteiger partial charge < -0.3 is 10.4 Å². The number of nitrogens with one attached hydrogen (secondary N) is 1. The van der Waals surface area contributed by atoms with Gasteiger partial charge in [0.1, 0.15) is 0 Å². The SMILES string of the molecule is CC(NC(=O)C12CCC(C(=O)O)(CC1)C2)c1cc2ccccc2s1. The van der Waals surface area contributed by atoms with Gasteiger partial charge in [-0.2, -0.15) is 0 Å². The first-order chi connectivity index (χ1) is 11.4. The van der Waals surface area contributed by atoms with E-state index in [0.29, 0.717) is 32.1 Å². The molecule has 1 atom stereocenters. The van der Waals surface area contributed by atoms with Crippen LogP contribution in [0, 0.1) is 10.8 Å². The van der Waals surface area contributed by atoms with Crippen molar-refractivity contribution >= 4 is 33.3 Å². The Kier molecular flexibility index (Phi) is 3.46. The fourth-order valence-corrected chi connectivity index (χ4v) is 5.51. The predicted molar refractivity (Wildman–Crippen MR) is 94.0 cm³/mol. The molecule has 2 bridgehead atoms. The quantitative estimate of drug-likeness (QED) is 0.878. The van der Waals surface area contributed by atoms with Crippen LogP contribution in [0.2, 0.25) is 0 Å². The zero-order chi connectivity index (χ0) is 16.9. The number of carboxylic acid groups (broad SMARTS) is 1. The summed E-state index contributed by atoms with van der Waals surface area (Å²) in [7, 11) is 0. The van der Waals surface area contributed by atoms with Gasteiger partial charge in [0.05, 0.1) is 16.9 Å². The summed E-state index contributed by atoms with van der Waals surface area (Å²) in [5, 5.41) is 13.8. The van der Waals surface area contributed by atoms with E-state index >= 15 is 0 Å². The van der Waals surface area contributed by atoms with E-state index in [1.165, 1.54) is 10.1 Å². The van der Waals surface area contributed by atoms with E-state index < -0.39 is 16.8 Å². The fourth-order valence-electron chi connectivity index (χ4n) is 4.44. The number of rotatable bonds is 4. The molecule has 24 heavy (non-hydrogen) atoms. The average molecular weight is 343 g/mol. The molecule has 1 aromatic heterocycles. The van der Waals surface area contributed by atoms with E-state index in [1.807, 2.05) is 19.1 Å². The van der Waals surface area contributed by atoms with E-state index in [0.717, 1.165) is 4.88 Å². The molecule has 2 aliphatic carbocycles. The van der Waals surface area contributed by atoms with Crippen LogP contribution in [0.1, 0.15) is 49.9 Å². The predicted octanol–water partition coefficient (Wildman–Crippen LogP) is 4.11. The van der Waals surface area contributed by atoms with E-state index in [4.69, 9.17) is 0 Å². The maximum Gasteiger partial charge on any atom is 0.309 e. The lowest BCUT2D eigenvalue weighted by Gasteiger charge is -2.27. The number of benzene rings is 1. The van der Waals surface area contributed by atoms with Gasteiger partial charge in [-0.05, 0) is 56.5 Å². The fraction of sp³-hybridized carbons (Fsp3) is 0.474. The highest BCUT2D eigenvalue weighted by Crippen LogP contribution is 2.61. The molecule has 126 valence electrons. The second-order valence-corrected chi connectivity index (χ2v) is 8.54. The molecular weight excluding hydrogens is 322 g/mol. The zero-order valence-corrected chi connectivity index (χ0v) is 14.5. The van der Waals surface area contributed by atoms with Crippen LogP contribution in [0.4, 0.5) is 0 Å². The topological polar surface area (TPSA) is 66.4 Å². The van der Waals surface area contributed by atoms with Crippen molar-refractivity contribution < 1.29 is 14.7 Å². The van der Waals surface area contributed by atoms with Crippen LogP contribution in [0.15, 0.2) is 30.3 Å². The van der Waals surface area contributed by atoms with Gasteiger partial charge in [-0.15, -0.1) is 11.3 Å². The standard InChI is InChI=1S/C19H21NO3S/c1-12(15-10-13-4-2-3-5-14(13)24-15)20-16(21)18-6-8-19(11-18,9-7-18)17(22)23/h2-5,10,12H,6-9,11H2,1H3,(H,20,21)(H,22,23). The molecule has 1 unspecified atom stereocenters. The van der Waals surface area contributed by atoms with Crippen LogP contribution in [0.25, 0.3) is 10.1 Å². The van der Waals surface area contributed by atoms with Crippen LogP contribution < -0.4 is 5.32 Å². The molecule has 2 saturated carbocycles. The molecular formula is C19H21NO3S. The molecule has 0 aliphatic heterocycles. The van der Waals surface area contributed by atoms with Gasteiger partial charge in [-0.3, -0.25) is 9.59 Å². The number of carbonyl (C=O) groups excluding carboxylic acids is 1. The third-order valence-corrected chi connectivity index (χ3v) is 7.29. The summed E-state index contributed by atoms with van der Waals surface area (Å²) < 4.78 is 1.22. The lowest BCUT2D eigenvalue weighted by Crippen LogP contribution is -2.39. The summed E-state index contributed by atoms with van der Waals surface area (Å²) in [6.45, 7) is 2.01. The van der Waals surface area contributed by atoms with Crippen LogP contribution in [0.3, 0.4) is 0 Å². The minimum atomic E-state index is -0.729. The number of amides is 1. The number of carbonyl (C=O) groups is 2. The Morgan fingerprint density at radius 3 is 2.46 bits per heavy atom. The van der Waals surface area contributed by atoms with E-state index in [2.05, 4.69) is 23.5 Å². The van der Waals surface area contributed by atoms with Crippen LogP contribution >= 0.6 is 11.3 Å². The first-order valence-electron chi connectivity index (χ1n) is 8.47. The Labute approximate surface area is 144 Å². The van der Waals surface area contributed by atoms with Gasteiger partial charge in [-0.1, -0.05) is 18.2 Å². The lowest BCUT2D eigenvalue weighted by molar-refractivity contribution is -0.148. The van der Waals surface area contributed by atoms with Crippen molar-refractivity contribution in [1.29, 1.82) is 0 Å². The van der Waals surface area contributed by atoms with Crippen molar-refractivity contribution in [3.05, 3.63) is 35.2 Å². The molecule has 0 spiro atoms. The van der Waals surface area contributed by atoms with Gasteiger partial charge in [0, 0.05) is 9.58 Å². The maximum absolute atomic E-state index is 12.9. The van der Waals surface area contributed by atoms with Crippen LogP contribution in [0.5, 0.6) is 0 Å². The summed E-state index contributed by atoms with van der Waals surface area (Å²) >= 11 is 1.70. The number of aliphatic carboxylic acids is 1. The average Bonchev–Trinajstić information content (AvgIpc) is 3.27. The number of carboxylic acids is 1. The Balaban J connectivity index is 1.51. The first-order valence-corrected chi connectivity index (χ1v) is 9.29. The molecule has 2 aromatic rings. The molecule has 1 aromatic carbocycles. The number of thiophene rings is 1. The third kappa shape index (κ3) is 2.25. The van der Waals surface area contributed by atoms with Crippen LogP contribution in [-0.2, 0) is 9.59 Å². The van der Waals surface area contributed by atoms with E-state index in [9.17, 15) is 14.7 Å². The monoisotopic (exact) mass is 343 g/mol. The molecule has 0 radical (unpaired) electrons. The molecule has 2 fully saturated rings. The summed E-state index contributed by atoms with van der Waals surface area (Å²) in [6.07, 6.45) is 3.16. The van der Waals surface area contributed by atoms with Gasteiger partial charge in [0.2, 0.25) is 5.91 Å². The third-order valence-electron chi connectivity index (χ3n) is 6.00. The van der Waals surface area contributed by atoms with Crippen LogP contribution in [-0.4, -0.2) is 17.0 Å². The normalized spacial score (nSPS) is 29.7. The Morgan fingerprint density at radius 1 is 1.17 bits per heavy atom. The summed E-state index contributed by atoms with van der Waals surface area (Å²) in [6, 6.07) is 10.3. The van der Waals surface area contributed by atoms with E-state index in [-0.39, 0.29) is 11.9 Å². The molecule has 0 saturated heterocycles. The second-order valence-electron chi connectivity index (χ2n) is 7.42. The minimum absolute atomic E-state index is 0.0353. The Morgan fingerprint density at radius 2 is 1.83 bits per heavy atom. The van der Waals surface area contributed by atoms with Gasteiger partial charge >= 0.3 is 5.97 Å². The van der Waals surface area contributed by atoms with Crippen molar-refractivity contribution in [2.24, 2.45) is 10.8 Å². The van der Waals surface area contributed by atoms with Gasteiger partial charge in [0.25, 0.3) is 0 Å². The number of hydrogen-bond donors (Lipinski definition) is 2.